The number of fused-ring (bicyclic) bond motifs is 1. The Labute approximate surface area is 93.5 Å². The second-order valence-electron chi connectivity index (χ2n) is 3.16. The highest BCUT2D eigenvalue weighted by Gasteiger charge is 2.47. The molecule has 0 aromatic carbocycles. The van der Waals surface area contributed by atoms with Crippen LogP contribution in [0.1, 0.15) is 6.42 Å². The van der Waals surface area contributed by atoms with Crippen molar-refractivity contribution in [3.63, 3.8) is 0 Å². The van der Waals surface area contributed by atoms with Crippen LogP contribution in [0.25, 0.3) is 0 Å². The van der Waals surface area contributed by atoms with E-state index in [-0.39, 0.29) is 11.3 Å². The van der Waals surface area contributed by atoms with Gasteiger partial charge in [0.2, 0.25) is 5.91 Å². The summed E-state index contributed by atoms with van der Waals surface area (Å²) in [6, 6.07) is -0.762. The molecule has 0 bridgehead atoms. The average molecular weight is 278 g/mol. The van der Waals surface area contributed by atoms with Crippen molar-refractivity contribution in [2.75, 3.05) is 5.33 Å². The van der Waals surface area contributed by atoms with Crippen molar-refractivity contribution in [2.24, 2.45) is 0 Å². The summed E-state index contributed by atoms with van der Waals surface area (Å²) < 4.78 is 0. The van der Waals surface area contributed by atoms with Gasteiger partial charge < -0.3 is 10.0 Å². The highest BCUT2D eigenvalue weighted by molar-refractivity contribution is 9.09. The smallest absolute Gasteiger partial charge is 0.330 e. The highest BCUT2D eigenvalue weighted by atomic mass is 79.9. The van der Waals surface area contributed by atoms with Crippen LogP contribution in [0.5, 0.6) is 0 Å². The molecule has 1 unspecified atom stereocenters. The van der Waals surface area contributed by atoms with Gasteiger partial charge in [-0.15, -0.1) is 11.8 Å². The summed E-state index contributed by atoms with van der Waals surface area (Å²) in [5.74, 6) is -1.02. The summed E-state index contributed by atoms with van der Waals surface area (Å²) in [4.78, 5) is 23.7. The Balaban J connectivity index is 2.29. The van der Waals surface area contributed by atoms with Crippen molar-refractivity contribution in [3.05, 3.63) is 11.0 Å². The molecule has 0 radical (unpaired) electrons. The molecule has 14 heavy (non-hydrogen) atoms. The number of β-lactam (4-membered cyclic amide) rings is 1. The standard InChI is InChI=1S/C8H8BrNO3S/c9-2-4-3-14-6-1-5(11)10(6)7(4)8(12)13/h3,6-7H,1-2H2,(H,12,13)/t6-,7?/m1/s1. The van der Waals surface area contributed by atoms with Crippen LogP contribution < -0.4 is 0 Å². The van der Waals surface area contributed by atoms with Gasteiger partial charge in [0.15, 0.2) is 6.04 Å². The van der Waals surface area contributed by atoms with Crippen LogP contribution in [0.3, 0.4) is 0 Å². The predicted octanol–water partition coefficient (Wildman–Crippen LogP) is 1.02. The lowest BCUT2D eigenvalue weighted by Crippen LogP contribution is -2.60. The number of hydrogen-bond donors (Lipinski definition) is 1. The first kappa shape index (κ1) is 10.0. The van der Waals surface area contributed by atoms with E-state index in [0.29, 0.717) is 11.8 Å². The van der Waals surface area contributed by atoms with Gasteiger partial charge >= 0.3 is 5.97 Å². The number of amides is 1. The Morgan fingerprint density at radius 2 is 2.50 bits per heavy atom. The zero-order valence-electron chi connectivity index (χ0n) is 7.14. The maximum Gasteiger partial charge on any atom is 0.330 e. The molecule has 1 fully saturated rings. The molecule has 76 valence electrons. The van der Waals surface area contributed by atoms with Crippen molar-refractivity contribution in [2.45, 2.75) is 17.8 Å². The molecule has 2 aliphatic rings. The molecular weight excluding hydrogens is 270 g/mol. The Morgan fingerprint density at radius 3 is 3.00 bits per heavy atom. The fourth-order valence-electron chi connectivity index (χ4n) is 1.62. The number of halogens is 1. The predicted molar refractivity (Wildman–Crippen MR) is 56.1 cm³/mol. The van der Waals surface area contributed by atoms with Gasteiger partial charge in [-0.3, -0.25) is 4.79 Å². The minimum atomic E-state index is -0.950. The number of carboxylic acid groups (broad SMARTS) is 1. The van der Waals surface area contributed by atoms with E-state index in [0.717, 1.165) is 5.57 Å². The highest BCUT2D eigenvalue weighted by Crippen LogP contribution is 2.39. The maximum atomic E-state index is 11.2. The molecule has 6 heteroatoms. The zero-order valence-corrected chi connectivity index (χ0v) is 9.55. The van der Waals surface area contributed by atoms with E-state index in [4.69, 9.17) is 5.11 Å². The second kappa shape index (κ2) is 3.58. The van der Waals surface area contributed by atoms with E-state index in [1.165, 1.54) is 16.7 Å². The molecule has 1 N–H and O–H groups in total. The summed E-state index contributed by atoms with van der Waals surface area (Å²) in [5, 5.41) is 11.4. The van der Waals surface area contributed by atoms with Crippen LogP contribution in [-0.4, -0.2) is 38.6 Å². The van der Waals surface area contributed by atoms with Gasteiger partial charge in [0, 0.05) is 5.33 Å². The van der Waals surface area contributed by atoms with Crippen LogP contribution in [-0.2, 0) is 9.59 Å². The van der Waals surface area contributed by atoms with Crippen LogP contribution in [0.4, 0.5) is 0 Å². The molecule has 2 aliphatic heterocycles. The summed E-state index contributed by atoms with van der Waals surface area (Å²) in [5.41, 5.74) is 0.742. The summed E-state index contributed by atoms with van der Waals surface area (Å²) >= 11 is 4.75. The van der Waals surface area contributed by atoms with Gasteiger partial charge in [0.1, 0.15) is 0 Å². The average Bonchev–Trinajstić information content (AvgIpc) is 2.15. The molecule has 0 spiro atoms. The Bertz CT molecular complexity index is 331. The number of carbonyl (C=O) groups is 2. The lowest BCUT2D eigenvalue weighted by molar-refractivity contribution is -0.155. The van der Waals surface area contributed by atoms with E-state index >= 15 is 0 Å². The van der Waals surface area contributed by atoms with Crippen molar-refractivity contribution >= 4 is 39.6 Å². The van der Waals surface area contributed by atoms with E-state index in [9.17, 15) is 9.59 Å². The normalized spacial score (nSPS) is 30.5. The van der Waals surface area contributed by atoms with Gasteiger partial charge in [-0.2, -0.15) is 0 Å². The fraction of sp³-hybridized carbons (Fsp3) is 0.500. The first-order valence-electron chi connectivity index (χ1n) is 4.09. The van der Waals surface area contributed by atoms with Gasteiger partial charge in [-0.05, 0) is 11.0 Å². The van der Waals surface area contributed by atoms with Crippen molar-refractivity contribution < 1.29 is 14.7 Å². The number of thioether (sulfide) groups is 1. The third-order valence-electron chi connectivity index (χ3n) is 2.34. The Morgan fingerprint density at radius 1 is 1.79 bits per heavy atom. The topological polar surface area (TPSA) is 57.6 Å². The molecule has 1 amide bonds. The van der Waals surface area contributed by atoms with Crippen molar-refractivity contribution in [1.29, 1.82) is 0 Å². The number of carbonyl (C=O) groups excluding carboxylic acids is 1. The minimum Gasteiger partial charge on any atom is -0.479 e. The second-order valence-corrected chi connectivity index (χ2v) is 4.78. The van der Waals surface area contributed by atoms with E-state index in [1.54, 1.807) is 0 Å². The molecule has 2 rings (SSSR count). The minimum absolute atomic E-state index is 0.0337. The first-order valence-corrected chi connectivity index (χ1v) is 6.16. The molecule has 2 atom stereocenters. The van der Waals surface area contributed by atoms with Gasteiger partial charge in [0.05, 0.1) is 11.8 Å². The molecule has 0 aliphatic carbocycles. The Hall–Kier alpha value is -0.490. The summed E-state index contributed by atoms with van der Waals surface area (Å²) in [6.45, 7) is 0. The van der Waals surface area contributed by atoms with Gasteiger partial charge in [0.25, 0.3) is 0 Å². The number of alkyl halides is 1. The number of rotatable bonds is 2. The SMILES string of the molecule is O=C(O)C1C(CBr)=CS[C@@H]2CC(=O)N12. The number of carboxylic acids is 1. The quantitative estimate of drug-likeness (QED) is 0.605. The number of hydrogen-bond acceptors (Lipinski definition) is 3. The third kappa shape index (κ3) is 1.37. The molecule has 2 heterocycles. The van der Waals surface area contributed by atoms with Crippen molar-refractivity contribution in [3.8, 4) is 0 Å². The molecular formula is C8H8BrNO3S. The number of nitrogens with zero attached hydrogens (tertiary/aromatic N) is 1. The lowest BCUT2D eigenvalue weighted by Gasteiger charge is -2.46. The molecule has 1 saturated heterocycles. The number of aliphatic carboxylic acids is 1. The zero-order chi connectivity index (χ0) is 10.3. The molecule has 4 nitrogen and oxygen atoms in total. The van der Waals surface area contributed by atoms with Crippen LogP contribution in [0, 0.1) is 0 Å². The van der Waals surface area contributed by atoms with Gasteiger partial charge in [-0.25, -0.2) is 4.79 Å². The van der Waals surface area contributed by atoms with Crippen LogP contribution >= 0.6 is 27.7 Å². The van der Waals surface area contributed by atoms with E-state index in [1.807, 2.05) is 5.41 Å². The monoisotopic (exact) mass is 277 g/mol. The van der Waals surface area contributed by atoms with Crippen molar-refractivity contribution in [1.82, 2.24) is 4.90 Å². The molecule has 0 aromatic rings. The summed E-state index contributed by atoms with van der Waals surface area (Å²) in [7, 11) is 0. The summed E-state index contributed by atoms with van der Waals surface area (Å²) in [6.07, 6.45) is 0.459. The lowest BCUT2D eigenvalue weighted by atomic mass is 10.0. The molecule has 0 aromatic heterocycles. The van der Waals surface area contributed by atoms with E-state index < -0.39 is 12.0 Å². The van der Waals surface area contributed by atoms with Crippen LogP contribution in [0.15, 0.2) is 11.0 Å². The maximum absolute atomic E-state index is 11.2. The van der Waals surface area contributed by atoms with Gasteiger partial charge in [-0.1, -0.05) is 15.9 Å². The molecule has 0 saturated carbocycles. The fourth-order valence-corrected chi connectivity index (χ4v) is 3.45. The Kier molecular flexibility index (Phi) is 2.57. The van der Waals surface area contributed by atoms with Crippen LogP contribution in [0.2, 0.25) is 0 Å². The largest absolute Gasteiger partial charge is 0.479 e. The first-order chi connectivity index (χ1) is 6.65. The third-order valence-corrected chi connectivity index (χ3v) is 4.14. The van der Waals surface area contributed by atoms with E-state index in [2.05, 4.69) is 15.9 Å².